The molecule has 3 heterocycles. The Bertz CT molecular complexity index is 1170. The fourth-order valence-electron chi connectivity index (χ4n) is 3.00. The van der Waals surface area contributed by atoms with E-state index in [1.807, 2.05) is 0 Å². The van der Waals surface area contributed by atoms with Crippen molar-refractivity contribution < 1.29 is 13.6 Å². The molecule has 0 spiro atoms. The van der Waals surface area contributed by atoms with E-state index in [2.05, 4.69) is 20.1 Å². The molecule has 0 aliphatic heterocycles. The lowest BCUT2D eigenvalue weighted by molar-refractivity contribution is 0.0978. The fourth-order valence-corrected chi connectivity index (χ4v) is 3.00. The van der Waals surface area contributed by atoms with Crippen molar-refractivity contribution >= 4 is 22.8 Å². The van der Waals surface area contributed by atoms with Crippen LogP contribution in [-0.2, 0) is 7.05 Å². The van der Waals surface area contributed by atoms with Gasteiger partial charge in [0.1, 0.15) is 17.8 Å². The lowest BCUT2D eigenvalue weighted by Gasteiger charge is -2.15. The van der Waals surface area contributed by atoms with Crippen LogP contribution in [0.4, 0.5) is 14.6 Å². The van der Waals surface area contributed by atoms with Crippen LogP contribution in [0.1, 0.15) is 22.6 Å². The second-order valence-corrected chi connectivity index (χ2v) is 6.25. The van der Waals surface area contributed by atoms with Crippen LogP contribution in [0.15, 0.2) is 48.8 Å². The first kappa shape index (κ1) is 17.8. The summed E-state index contributed by atoms with van der Waals surface area (Å²) in [5, 5.41) is 4.65. The van der Waals surface area contributed by atoms with Crippen molar-refractivity contribution in [1.82, 2.24) is 24.7 Å². The van der Waals surface area contributed by atoms with E-state index in [9.17, 15) is 13.6 Å². The maximum absolute atomic E-state index is 13.3. The van der Waals surface area contributed by atoms with E-state index in [0.717, 1.165) is 5.39 Å². The van der Waals surface area contributed by atoms with Gasteiger partial charge in [-0.3, -0.25) is 9.69 Å². The molecule has 3 aromatic heterocycles. The largest absolute Gasteiger partial charge is 0.339 e. The second kappa shape index (κ2) is 6.84. The number of anilines is 1. The third-order valence-corrected chi connectivity index (χ3v) is 4.50. The van der Waals surface area contributed by atoms with Crippen LogP contribution < -0.4 is 4.90 Å². The highest BCUT2D eigenvalue weighted by molar-refractivity contribution is 6.03. The molecule has 28 heavy (non-hydrogen) atoms. The average Bonchev–Trinajstić information content (AvgIpc) is 3.32. The van der Waals surface area contributed by atoms with E-state index < -0.39 is 6.43 Å². The number of hydrogen-bond donors (Lipinski definition) is 1. The number of amides is 1. The number of nitrogens with one attached hydrogen (secondary N) is 1. The van der Waals surface area contributed by atoms with E-state index >= 15 is 0 Å². The highest BCUT2D eigenvalue weighted by Crippen LogP contribution is 2.32. The van der Waals surface area contributed by atoms with Crippen molar-refractivity contribution in [3.63, 3.8) is 0 Å². The Morgan fingerprint density at radius 1 is 1.21 bits per heavy atom. The summed E-state index contributed by atoms with van der Waals surface area (Å²) in [5.41, 5.74) is 1.40. The minimum absolute atomic E-state index is 0.0520. The van der Waals surface area contributed by atoms with Crippen LogP contribution in [0.3, 0.4) is 0 Å². The van der Waals surface area contributed by atoms with Gasteiger partial charge in [0.05, 0.1) is 0 Å². The van der Waals surface area contributed by atoms with Gasteiger partial charge in [-0.2, -0.15) is 5.10 Å². The summed E-state index contributed by atoms with van der Waals surface area (Å²) < 4.78 is 28.0. The van der Waals surface area contributed by atoms with Crippen LogP contribution in [0.2, 0.25) is 0 Å². The molecule has 1 aromatic carbocycles. The molecule has 0 bridgehead atoms. The van der Waals surface area contributed by atoms with Crippen molar-refractivity contribution in [2.24, 2.45) is 7.05 Å². The van der Waals surface area contributed by atoms with E-state index in [-0.39, 0.29) is 17.3 Å². The molecule has 4 rings (SSSR count). The molecule has 0 radical (unpaired) electrons. The number of pyridine rings is 1. The molecule has 0 atom stereocenters. The lowest BCUT2D eigenvalue weighted by atomic mass is 10.1. The number of aryl methyl sites for hydroxylation is 1. The molecule has 7 nitrogen and oxygen atoms in total. The minimum Gasteiger partial charge on any atom is -0.339 e. The first-order chi connectivity index (χ1) is 13.5. The number of hydrogen-bond acceptors (Lipinski definition) is 4. The molecule has 0 unspecified atom stereocenters. The number of rotatable bonds is 4. The molecule has 0 saturated heterocycles. The quantitative estimate of drug-likeness (QED) is 0.585. The summed E-state index contributed by atoms with van der Waals surface area (Å²) in [4.78, 5) is 25.4. The number of aromatic amines is 1. The number of fused-ring (bicyclic) bond motifs is 1. The first-order valence-corrected chi connectivity index (χ1v) is 8.45. The molecular weight excluding hydrogens is 366 g/mol. The van der Waals surface area contributed by atoms with Gasteiger partial charge >= 0.3 is 0 Å². The molecule has 4 aromatic rings. The van der Waals surface area contributed by atoms with Crippen molar-refractivity contribution in [3.05, 3.63) is 60.2 Å². The van der Waals surface area contributed by atoms with Crippen LogP contribution in [0.5, 0.6) is 0 Å². The molecule has 0 saturated carbocycles. The topological polar surface area (TPSA) is 79.7 Å². The van der Waals surface area contributed by atoms with Gasteiger partial charge in [0.25, 0.3) is 12.3 Å². The van der Waals surface area contributed by atoms with Gasteiger partial charge in [0.2, 0.25) is 5.82 Å². The Morgan fingerprint density at radius 2 is 2.00 bits per heavy atom. The third-order valence-electron chi connectivity index (χ3n) is 4.50. The standard InChI is InChI=1S/C19H16F2N6O/c1-26(19(28)18-22-10-23-27(18)2)15-8-7-11-9-14(24-17(11)25-15)12-5-3-4-6-13(12)16(20)21/h3-10,16H,1-2H3,(H,24,25). The molecule has 9 heteroatoms. The van der Waals surface area contributed by atoms with E-state index in [0.29, 0.717) is 22.7 Å². The van der Waals surface area contributed by atoms with Gasteiger partial charge in [-0.25, -0.2) is 23.4 Å². The van der Waals surface area contributed by atoms with Crippen LogP contribution in [0.25, 0.3) is 22.3 Å². The zero-order chi connectivity index (χ0) is 19.8. The number of nitrogens with zero attached hydrogens (tertiary/aromatic N) is 5. The Labute approximate surface area is 158 Å². The van der Waals surface area contributed by atoms with Gasteiger partial charge < -0.3 is 4.98 Å². The smallest absolute Gasteiger partial charge is 0.296 e. The number of halogens is 2. The number of benzene rings is 1. The van der Waals surface area contributed by atoms with Gasteiger partial charge in [-0.1, -0.05) is 24.3 Å². The van der Waals surface area contributed by atoms with Crippen molar-refractivity contribution in [2.75, 3.05) is 11.9 Å². The number of aromatic nitrogens is 5. The number of H-pyrrole nitrogens is 1. The summed E-state index contributed by atoms with van der Waals surface area (Å²) in [5.74, 6) is 0.222. The third kappa shape index (κ3) is 3.00. The maximum Gasteiger partial charge on any atom is 0.296 e. The normalized spacial score (nSPS) is 11.3. The van der Waals surface area contributed by atoms with Gasteiger partial charge in [0, 0.05) is 36.3 Å². The summed E-state index contributed by atoms with van der Waals surface area (Å²) in [6.45, 7) is 0. The van der Waals surface area contributed by atoms with Gasteiger partial charge in [0.15, 0.2) is 0 Å². The molecule has 0 fully saturated rings. The Kier molecular flexibility index (Phi) is 4.34. The summed E-state index contributed by atoms with van der Waals surface area (Å²) in [7, 11) is 3.21. The Balaban J connectivity index is 1.71. The Hall–Kier alpha value is -3.62. The van der Waals surface area contributed by atoms with Crippen molar-refractivity contribution in [3.8, 4) is 11.3 Å². The monoisotopic (exact) mass is 382 g/mol. The summed E-state index contributed by atoms with van der Waals surface area (Å²) in [6, 6.07) is 11.6. The summed E-state index contributed by atoms with van der Waals surface area (Å²) >= 11 is 0. The Morgan fingerprint density at radius 3 is 2.71 bits per heavy atom. The predicted octanol–water partition coefficient (Wildman–Crippen LogP) is 3.57. The zero-order valence-electron chi connectivity index (χ0n) is 15.1. The number of alkyl halides is 2. The second-order valence-electron chi connectivity index (χ2n) is 6.25. The molecule has 0 aliphatic carbocycles. The average molecular weight is 382 g/mol. The zero-order valence-corrected chi connectivity index (χ0v) is 15.1. The van der Waals surface area contributed by atoms with Crippen molar-refractivity contribution in [2.45, 2.75) is 6.43 Å². The lowest BCUT2D eigenvalue weighted by Crippen LogP contribution is -2.29. The van der Waals surface area contributed by atoms with Crippen LogP contribution in [0, 0.1) is 0 Å². The van der Waals surface area contributed by atoms with E-state index in [1.54, 1.807) is 50.5 Å². The highest BCUT2D eigenvalue weighted by Gasteiger charge is 2.20. The molecule has 142 valence electrons. The SMILES string of the molecule is CN(C(=O)c1ncnn1C)c1ccc2cc(-c3ccccc3C(F)F)[nH]c2n1. The van der Waals surface area contributed by atoms with E-state index in [4.69, 9.17) is 0 Å². The maximum atomic E-state index is 13.3. The van der Waals surface area contributed by atoms with Crippen LogP contribution in [-0.4, -0.2) is 37.7 Å². The fraction of sp³-hybridized carbons (Fsp3) is 0.158. The molecule has 1 N–H and O–H groups in total. The molecular formula is C19H16F2N6O. The number of carbonyl (C=O) groups excluding carboxylic acids is 1. The highest BCUT2D eigenvalue weighted by atomic mass is 19.3. The van der Waals surface area contributed by atoms with Crippen LogP contribution >= 0.6 is 0 Å². The van der Waals surface area contributed by atoms with Crippen molar-refractivity contribution in [1.29, 1.82) is 0 Å². The summed E-state index contributed by atoms with van der Waals surface area (Å²) in [6.07, 6.45) is -1.28. The predicted molar refractivity (Wildman–Crippen MR) is 100 cm³/mol. The molecule has 1 amide bonds. The van der Waals surface area contributed by atoms with E-state index in [1.165, 1.54) is 22.0 Å². The number of carbonyl (C=O) groups is 1. The molecule has 0 aliphatic rings. The minimum atomic E-state index is -2.58. The van der Waals surface area contributed by atoms with Gasteiger partial charge in [-0.05, 0) is 18.2 Å². The first-order valence-electron chi connectivity index (χ1n) is 8.45. The van der Waals surface area contributed by atoms with Gasteiger partial charge in [-0.15, -0.1) is 0 Å².